The van der Waals surface area contributed by atoms with E-state index in [-0.39, 0.29) is 0 Å². The summed E-state index contributed by atoms with van der Waals surface area (Å²) in [4.78, 5) is 12.0. The lowest BCUT2D eigenvalue weighted by Crippen LogP contribution is -2.01. The van der Waals surface area contributed by atoms with E-state index in [1.807, 2.05) is 31.2 Å². The minimum absolute atomic E-state index is 0.307. The maximum atomic E-state index is 12.0. The lowest BCUT2D eigenvalue weighted by molar-refractivity contribution is 0.0978. The summed E-state index contributed by atoms with van der Waals surface area (Å²) in [5.41, 5.74) is 2.01. The van der Waals surface area contributed by atoms with Gasteiger partial charge < -0.3 is 0 Å². The third-order valence-corrected chi connectivity index (χ3v) is 3.45. The van der Waals surface area contributed by atoms with Gasteiger partial charge in [0.05, 0.1) is 0 Å². The number of aryl methyl sites for hydroxylation is 1. The Balaban J connectivity index is 2.16. The Hall–Kier alpha value is -1.11. The zero-order valence-electron chi connectivity index (χ0n) is 11.9. The Bertz CT molecular complexity index is 354. The molecule has 1 aromatic rings. The van der Waals surface area contributed by atoms with Gasteiger partial charge in [-0.1, -0.05) is 69.7 Å². The molecule has 0 atom stereocenters. The number of unbranched alkanes of at least 4 members (excludes halogenated alkanes) is 6. The van der Waals surface area contributed by atoms with Gasteiger partial charge in [-0.3, -0.25) is 4.79 Å². The molecule has 0 N–H and O–H groups in total. The predicted molar refractivity (Wildman–Crippen MR) is 78.1 cm³/mol. The molecule has 0 amide bonds. The van der Waals surface area contributed by atoms with Gasteiger partial charge in [-0.15, -0.1) is 0 Å². The first kappa shape index (κ1) is 14.9. The van der Waals surface area contributed by atoms with E-state index in [2.05, 4.69) is 6.92 Å². The summed E-state index contributed by atoms with van der Waals surface area (Å²) in [5.74, 6) is 0.307. The van der Waals surface area contributed by atoms with Gasteiger partial charge in [0.2, 0.25) is 0 Å². The van der Waals surface area contributed by atoms with E-state index in [9.17, 15) is 4.79 Å². The molecule has 0 heterocycles. The minimum Gasteiger partial charge on any atom is -0.294 e. The average molecular weight is 246 g/mol. The summed E-state index contributed by atoms with van der Waals surface area (Å²) in [5, 5.41) is 0. The van der Waals surface area contributed by atoms with E-state index in [1.54, 1.807) is 0 Å². The van der Waals surface area contributed by atoms with Crippen LogP contribution in [0.3, 0.4) is 0 Å². The van der Waals surface area contributed by atoms with Crippen molar-refractivity contribution in [3.05, 3.63) is 35.4 Å². The molecule has 0 radical (unpaired) electrons. The quantitative estimate of drug-likeness (QED) is 0.426. The molecule has 0 aliphatic heterocycles. The van der Waals surface area contributed by atoms with Crippen molar-refractivity contribution in [1.29, 1.82) is 0 Å². The highest BCUT2D eigenvalue weighted by atomic mass is 16.1. The molecule has 0 bridgehead atoms. The molecule has 18 heavy (non-hydrogen) atoms. The van der Waals surface area contributed by atoms with Crippen LogP contribution in [0.2, 0.25) is 0 Å². The van der Waals surface area contributed by atoms with Crippen LogP contribution >= 0.6 is 0 Å². The summed E-state index contributed by atoms with van der Waals surface area (Å²) in [6, 6.07) is 7.89. The van der Waals surface area contributed by atoms with Crippen LogP contribution in [0.25, 0.3) is 0 Å². The third kappa shape index (κ3) is 5.48. The summed E-state index contributed by atoms with van der Waals surface area (Å²) < 4.78 is 0. The molecule has 0 aliphatic rings. The number of hydrogen-bond donors (Lipinski definition) is 0. The number of hydrogen-bond acceptors (Lipinski definition) is 1. The fourth-order valence-corrected chi connectivity index (χ4v) is 2.26. The topological polar surface area (TPSA) is 17.1 Å². The summed E-state index contributed by atoms with van der Waals surface area (Å²) in [7, 11) is 0. The van der Waals surface area contributed by atoms with Crippen molar-refractivity contribution in [2.45, 2.75) is 65.2 Å². The number of carbonyl (C=O) groups excluding carboxylic acids is 1. The summed E-state index contributed by atoms with van der Waals surface area (Å²) in [6.07, 6.45) is 9.54. The molecule has 1 rings (SSSR count). The van der Waals surface area contributed by atoms with Crippen LogP contribution in [-0.2, 0) is 0 Å². The van der Waals surface area contributed by atoms with Crippen LogP contribution in [0.15, 0.2) is 24.3 Å². The number of carbonyl (C=O) groups is 1. The highest BCUT2D eigenvalue weighted by Crippen LogP contribution is 2.13. The average Bonchev–Trinajstić information content (AvgIpc) is 2.38. The first-order valence-electron chi connectivity index (χ1n) is 7.34. The Kier molecular flexibility index (Phi) is 7.40. The molecule has 0 fully saturated rings. The van der Waals surface area contributed by atoms with Crippen LogP contribution in [0.1, 0.15) is 74.2 Å². The van der Waals surface area contributed by atoms with Crippen LogP contribution in [0, 0.1) is 6.92 Å². The van der Waals surface area contributed by atoms with Gasteiger partial charge in [0.25, 0.3) is 0 Å². The minimum atomic E-state index is 0.307. The lowest BCUT2D eigenvalue weighted by Gasteiger charge is -2.04. The highest BCUT2D eigenvalue weighted by Gasteiger charge is 2.07. The second kappa shape index (κ2) is 8.91. The van der Waals surface area contributed by atoms with Crippen molar-refractivity contribution in [1.82, 2.24) is 0 Å². The first-order valence-corrected chi connectivity index (χ1v) is 7.34. The molecular weight excluding hydrogens is 220 g/mol. The molecule has 1 heteroatoms. The Morgan fingerprint density at radius 3 is 2.22 bits per heavy atom. The van der Waals surface area contributed by atoms with Gasteiger partial charge in [-0.05, 0) is 18.9 Å². The lowest BCUT2D eigenvalue weighted by atomic mass is 10.00. The fraction of sp³-hybridized carbons (Fsp3) is 0.588. The van der Waals surface area contributed by atoms with Gasteiger partial charge in [0, 0.05) is 12.0 Å². The molecule has 0 saturated carbocycles. The number of Topliss-reactive ketones (excluding diaryl/α,β-unsaturated/α-hetero) is 1. The number of benzene rings is 1. The SMILES string of the molecule is CCCCCCCCCC(=O)c1ccccc1C. The van der Waals surface area contributed by atoms with E-state index < -0.39 is 0 Å². The summed E-state index contributed by atoms with van der Waals surface area (Å²) >= 11 is 0. The van der Waals surface area contributed by atoms with E-state index in [0.717, 1.165) is 17.5 Å². The third-order valence-electron chi connectivity index (χ3n) is 3.45. The van der Waals surface area contributed by atoms with Gasteiger partial charge in [0.1, 0.15) is 0 Å². The van der Waals surface area contributed by atoms with Crippen LogP contribution in [0.4, 0.5) is 0 Å². The molecule has 0 spiro atoms. The van der Waals surface area contributed by atoms with E-state index in [1.165, 1.54) is 38.5 Å². The summed E-state index contributed by atoms with van der Waals surface area (Å²) in [6.45, 7) is 4.25. The Labute approximate surface area is 112 Å². The zero-order chi connectivity index (χ0) is 13.2. The van der Waals surface area contributed by atoms with Crippen molar-refractivity contribution in [3.63, 3.8) is 0 Å². The molecule has 1 aromatic carbocycles. The predicted octanol–water partition coefficient (Wildman–Crippen LogP) is 5.32. The standard InChI is InChI=1S/C17H26O/c1-3-4-5-6-7-8-9-14-17(18)16-13-11-10-12-15(16)2/h10-13H,3-9,14H2,1-2H3. The van der Waals surface area contributed by atoms with Crippen LogP contribution < -0.4 is 0 Å². The van der Waals surface area contributed by atoms with Gasteiger partial charge >= 0.3 is 0 Å². The Morgan fingerprint density at radius 2 is 1.56 bits per heavy atom. The number of rotatable bonds is 9. The molecule has 100 valence electrons. The number of ketones is 1. The monoisotopic (exact) mass is 246 g/mol. The fourth-order valence-electron chi connectivity index (χ4n) is 2.26. The molecule has 0 unspecified atom stereocenters. The van der Waals surface area contributed by atoms with E-state index in [0.29, 0.717) is 12.2 Å². The normalized spacial score (nSPS) is 10.6. The molecule has 0 aromatic heterocycles. The van der Waals surface area contributed by atoms with Crippen molar-refractivity contribution in [3.8, 4) is 0 Å². The van der Waals surface area contributed by atoms with Gasteiger partial charge in [-0.2, -0.15) is 0 Å². The molecule has 0 aliphatic carbocycles. The van der Waals surface area contributed by atoms with Crippen molar-refractivity contribution >= 4 is 5.78 Å². The van der Waals surface area contributed by atoms with E-state index >= 15 is 0 Å². The maximum absolute atomic E-state index is 12.0. The van der Waals surface area contributed by atoms with Crippen molar-refractivity contribution in [2.24, 2.45) is 0 Å². The maximum Gasteiger partial charge on any atom is 0.163 e. The Morgan fingerprint density at radius 1 is 0.944 bits per heavy atom. The smallest absolute Gasteiger partial charge is 0.163 e. The highest BCUT2D eigenvalue weighted by molar-refractivity contribution is 5.97. The molecule has 0 saturated heterocycles. The van der Waals surface area contributed by atoms with Crippen LogP contribution in [-0.4, -0.2) is 5.78 Å². The molecule has 1 nitrogen and oxygen atoms in total. The second-order valence-electron chi connectivity index (χ2n) is 5.11. The first-order chi connectivity index (χ1) is 8.75. The van der Waals surface area contributed by atoms with E-state index in [4.69, 9.17) is 0 Å². The van der Waals surface area contributed by atoms with Crippen LogP contribution in [0.5, 0.6) is 0 Å². The van der Waals surface area contributed by atoms with Gasteiger partial charge in [0.15, 0.2) is 5.78 Å². The van der Waals surface area contributed by atoms with Crippen molar-refractivity contribution in [2.75, 3.05) is 0 Å². The zero-order valence-corrected chi connectivity index (χ0v) is 11.9. The largest absolute Gasteiger partial charge is 0.294 e. The van der Waals surface area contributed by atoms with Gasteiger partial charge in [-0.25, -0.2) is 0 Å². The molecular formula is C17H26O. The van der Waals surface area contributed by atoms with Crippen molar-refractivity contribution < 1.29 is 4.79 Å². The second-order valence-corrected chi connectivity index (χ2v) is 5.11.